The molecule has 128 valence electrons. The maximum Gasteiger partial charge on any atom is 0.328 e. The zero-order valence-corrected chi connectivity index (χ0v) is 14.0. The largest absolute Gasteiger partial charge is 0.467 e. The summed E-state index contributed by atoms with van der Waals surface area (Å²) in [7, 11) is 1.26. The van der Waals surface area contributed by atoms with E-state index in [1.54, 1.807) is 0 Å². The van der Waals surface area contributed by atoms with Gasteiger partial charge in [-0.05, 0) is 17.5 Å². The molecule has 25 heavy (non-hydrogen) atoms. The van der Waals surface area contributed by atoms with Gasteiger partial charge in [0.15, 0.2) is 0 Å². The number of methoxy groups -OCH3 is 1. The second-order valence-electron chi connectivity index (χ2n) is 5.54. The highest BCUT2D eigenvalue weighted by atomic mass is 16.5. The Morgan fingerprint density at radius 2 is 1.56 bits per heavy atom. The normalized spacial score (nSPS) is 11.4. The number of hydrogen-bond acceptors (Lipinski definition) is 4. The molecular weight excluding hydrogens is 316 g/mol. The maximum absolute atomic E-state index is 12.9. The lowest BCUT2D eigenvalue weighted by Gasteiger charge is -2.21. The first-order valence-corrected chi connectivity index (χ1v) is 8.02. The van der Waals surface area contributed by atoms with Crippen LogP contribution in [0.1, 0.15) is 29.9 Å². The van der Waals surface area contributed by atoms with E-state index in [9.17, 15) is 9.59 Å². The molecule has 0 saturated heterocycles. The first-order chi connectivity index (χ1) is 12.2. The van der Waals surface area contributed by atoms with Gasteiger partial charge in [-0.2, -0.15) is 5.26 Å². The van der Waals surface area contributed by atoms with E-state index in [2.05, 4.69) is 5.32 Å². The Balaban J connectivity index is 2.29. The molecule has 0 radical (unpaired) electrons. The number of amides is 1. The van der Waals surface area contributed by atoms with Gasteiger partial charge in [0.25, 0.3) is 0 Å². The molecule has 0 spiro atoms. The fourth-order valence-corrected chi connectivity index (χ4v) is 2.64. The van der Waals surface area contributed by atoms with Crippen molar-refractivity contribution in [3.05, 3.63) is 71.8 Å². The minimum absolute atomic E-state index is 0.154. The van der Waals surface area contributed by atoms with Crippen molar-refractivity contribution in [1.29, 1.82) is 5.26 Å². The molecule has 0 saturated carbocycles. The molecule has 5 nitrogen and oxygen atoms in total. The van der Waals surface area contributed by atoms with Gasteiger partial charge in [0.1, 0.15) is 6.04 Å². The number of nitriles is 1. The smallest absolute Gasteiger partial charge is 0.328 e. The standard InChI is InChI=1S/C20H20N2O3/c1-25-20(24)17(13-8-14-21)22-19(23)18(15-9-4-2-5-10-15)16-11-6-3-7-12-16/h2-7,9-12,17-18H,8,13H2,1H3,(H,22,23)/t17-/m0/s1. The number of ether oxygens (including phenoxy) is 1. The number of hydrogen-bond donors (Lipinski definition) is 1. The van der Waals surface area contributed by atoms with Crippen molar-refractivity contribution in [2.45, 2.75) is 24.8 Å². The van der Waals surface area contributed by atoms with Gasteiger partial charge < -0.3 is 10.1 Å². The average Bonchev–Trinajstić information content (AvgIpc) is 2.66. The van der Waals surface area contributed by atoms with Crippen LogP contribution in [0.25, 0.3) is 0 Å². The second kappa shape index (κ2) is 9.24. The van der Waals surface area contributed by atoms with Gasteiger partial charge >= 0.3 is 5.97 Å². The van der Waals surface area contributed by atoms with Crippen LogP contribution in [0.4, 0.5) is 0 Å². The summed E-state index contributed by atoms with van der Waals surface area (Å²) in [6.45, 7) is 0. The van der Waals surface area contributed by atoms with E-state index in [0.29, 0.717) is 0 Å². The molecule has 0 aromatic heterocycles. The Labute approximate surface area is 147 Å². The van der Waals surface area contributed by atoms with Crippen molar-refractivity contribution in [2.75, 3.05) is 7.11 Å². The van der Waals surface area contributed by atoms with E-state index in [1.165, 1.54) is 7.11 Å². The predicted molar refractivity (Wildman–Crippen MR) is 93.5 cm³/mol. The Hall–Kier alpha value is -3.13. The molecule has 0 unspecified atom stereocenters. The molecular formula is C20H20N2O3. The Morgan fingerprint density at radius 1 is 1.04 bits per heavy atom. The highest BCUT2D eigenvalue weighted by Crippen LogP contribution is 2.25. The SMILES string of the molecule is COC(=O)[C@H](CCC#N)NC(=O)C(c1ccccc1)c1ccccc1. The van der Waals surface area contributed by atoms with Crippen LogP contribution in [-0.2, 0) is 14.3 Å². The molecule has 0 fully saturated rings. The topological polar surface area (TPSA) is 79.2 Å². The van der Waals surface area contributed by atoms with Gasteiger partial charge in [-0.15, -0.1) is 0 Å². The van der Waals surface area contributed by atoms with Crippen LogP contribution in [0, 0.1) is 11.3 Å². The summed E-state index contributed by atoms with van der Waals surface area (Å²) in [5, 5.41) is 11.5. The third-order valence-electron chi connectivity index (χ3n) is 3.88. The summed E-state index contributed by atoms with van der Waals surface area (Å²) in [6, 6.07) is 19.9. The van der Waals surface area contributed by atoms with Gasteiger partial charge in [-0.1, -0.05) is 60.7 Å². The number of carbonyl (C=O) groups is 2. The molecule has 2 aromatic carbocycles. The van der Waals surface area contributed by atoms with E-state index in [1.807, 2.05) is 66.7 Å². The molecule has 1 atom stereocenters. The average molecular weight is 336 g/mol. The molecule has 0 aliphatic rings. The summed E-state index contributed by atoms with van der Waals surface area (Å²) in [5.74, 6) is -1.40. The Bertz CT molecular complexity index is 699. The van der Waals surface area contributed by atoms with Crippen molar-refractivity contribution in [1.82, 2.24) is 5.32 Å². The van der Waals surface area contributed by atoms with Crippen molar-refractivity contribution in [2.24, 2.45) is 0 Å². The second-order valence-corrected chi connectivity index (χ2v) is 5.54. The number of nitrogens with one attached hydrogen (secondary N) is 1. The minimum Gasteiger partial charge on any atom is -0.467 e. The number of benzene rings is 2. The third kappa shape index (κ3) is 4.92. The zero-order valence-electron chi connectivity index (χ0n) is 14.0. The lowest BCUT2D eigenvalue weighted by atomic mass is 9.90. The fraction of sp³-hybridized carbons (Fsp3) is 0.250. The van der Waals surface area contributed by atoms with E-state index < -0.39 is 17.9 Å². The van der Waals surface area contributed by atoms with E-state index in [-0.39, 0.29) is 18.7 Å². The summed E-state index contributed by atoms with van der Waals surface area (Å²) >= 11 is 0. The highest BCUT2D eigenvalue weighted by molar-refractivity contribution is 5.91. The van der Waals surface area contributed by atoms with Crippen molar-refractivity contribution in [3.63, 3.8) is 0 Å². The minimum atomic E-state index is -0.841. The fourth-order valence-electron chi connectivity index (χ4n) is 2.64. The summed E-state index contributed by atoms with van der Waals surface area (Å²) in [6.07, 6.45) is 0.368. The number of esters is 1. The van der Waals surface area contributed by atoms with E-state index in [0.717, 1.165) is 11.1 Å². The molecule has 0 heterocycles. The quantitative estimate of drug-likeness (QED) is 0.789. The highest BCUT2D eigenvalue weighted by Gasteiger charge is 2.28. The molecule has 1 N–H and O–H groups in total. The summed E-state index contributed by atoms with van der Waals surface area (Å²) in [5.41, 5.74) is 1.66. The Morgan fingerprint density at radius 3 is 2.00 bits per heavy atom. The lowest BCUT2D eigenvalue weighted by Crippen LogP contribution is -2.43. The lowest BCUT2D eigenvalue weighted by molar-refractivity contribution is -0.145. The number of nitrogens with zero attached hydrogens (tertiary/aromatic N) is 1. The maximum atomic E-state index is 12.9. The summed E-state index contributed by atoms with van der Waals surface area (Å²) in [4.78, 5) is 24.8. The van der Waals surface area contributed by atoms with Gasteiger partial charge in [0, 0.05) is 6.42 Å². The molecule has 5 heteroatoms. The van der Waals surface area contributed by atoms with Crippen molar-refractivity contribution in [3.8, 4) is 6.07 Å². The van der Waals surface area contributed by atoms with Crippen LogP contribution < -0.4 is 5.32 Å². The molecule has 0 bridgehead atoms. The zero-order chi connectivity index (χ0) is 18.1. The first kappa shape index (κ1) is 18.2. The van der Waals surface area contributed by atoms with Crippen molar-refractivity contribution >= 4 is 11.9 Å². The monoisotopic (exact) mass is 336 g/mol. The predicted octanol–water partition coefficient (Wildman–Crippen LogP) is 2.78. The molecule has 0 aliphatic heterocycles. The first-order valence-electron chi connectivity index (χ1n) is 8.02. The molecule has 2 rings (SSSR count). The van der Waals surface area contributed by atoms with Crippen LogP contribution in [0.5, 0.6) is 0 Å². The van der Waals surface area contributed by atoms with Gasteiger partial charge in [-0.3, -0.25) is 4.79 Å². The van der Waals surface area contributed by atoms with Crippen molar-refractivity contribution < 1.29 is 14.3 Å². The third-order valence-corrected chi connectivity index (χ3v) is 3.88. The van der Waals surface area contributed by atoms with Crippen LogP contribution in [0.2, 0.25) is 0 Å². The number of carbonyl (C=O) groups excluding carboxylic acids is 2. The van der Waals surface area contributed by atoms with E-state index >= 15 is 0 Å². The van der Waals surface area contributed by atoms with E-state index in [4.69, 9.17) is 10.00 Å². The van der Waals surface area contributed by atoms with Gasteiger partial charge in [-0.25, -0.2) is 4.79 Å². The van der Waals surface area contributed by atoms with Gasteiger partial charge in [0.05, 0.1) is 19.1 Å². The van der Waals surface area contributed by atoms with Gasteiger partial charge in [0.2, 0.25) is 5.91 Å². The van der Waals surface area contributed by atoms with Crippen LogP contribution in [0.15, 0.2) is 60.7 Å². The summed E-state index contributed by atoms with van der Waals surface area (Å²) < 4.78 is 4.74. The van der Waals surface area contributed by atoms with Crippen LogP contribution in [0.3, 0.4) is 0 Å². The molecule has 1 amide bonds. The Kier molecular flexibility index (Phi) is 6.73. The molecule has 2 aromatic rings. The molecule has 0 aliphatic carbocycles. The van der Waals surface area contributed by atoms with Crippen LogP contribution in [-0.4, -0.2) is 25.0 Å². The van der Waals surface area contributed by atoms with Crippen LogP contribution >= 0.6 is 0 Å². The number of rotatable bonds is 7.